The predicted octanol–water partition coefficient (Wildman–Crippen LogP) is 1.11. The second-order valence-electron chi connectivity index (χ2n) is 6.24. The number of carbonyl (C=O) groups excluding carboxylic acids is 1. The molecule has 0 bridgehead atoms. The number of carbonyl (C=O) groups is 1. The maximum absolute atomic E-state index is 12.3. The van der Waals surface area contributed by atoms with E-state index in [4.69, 9.17) is 0 Å². The molecule has 1 aromatic heterocycles. The third-order valence-corrected chi connectivity index (χ3v) is 4.45. The van der Waals surface area contributed by atoms with Gasteiger partial charge in [-0.3, -0.25) is 9.59 Å². The van der Waals surface area contributed by atoms with Crippen LogP contribution in [0.15, 0.2) is 29.1 Å². The molecule has 0 saturated carbocycles. The minimum absolute atomic E-state index is 0. The third kappa shape index (κ3) is 5.24. The first-order valence-corrected chi connectivity index (χ1v) is 8.54. The fourth-order valence-electron chi connectivity index (χ4n) is 3.05. The van der Waals surface area contributed by atoms with Crippen LogP contribution >= 0.6 is 12.4 Å². The Hall–Kier alpha value is -1.99. The Morgan fingerprint density at radius 1 is 1.36 bits per heavy atom. The Bertz CT molecular complexity index is 758. The highest BCUT2D eigenvalue weighted by Crippen LogP contribution is 2.12. The molecule has 8 heteroatoms. The van der Waals surface area contributed by atoms with Gasteiger partial charge in [-0.2, -0.15) is 0 Å². The number of fused-ring (bicyclic) bond motifs is 1. The summed E-state index contributed by atoms with van der Waals surface area (Å²) >= 11 is 0. The number of piperidine rings is 1. The molecule has 1 atom stereocenters. The SMILES string of the molecule is Cl.O=C(CCn1nnc2ccccc2c1=O)NCCC1CCCNC1. The van der Waals surface area contributed by atoms with Crippen molar-refractivity contribution in [2.24, 2.45) is 5.92 Å². The van der Waals surface area contributed by atoms with Gasteiger partial charge in [-0.15, -0.1) is 17.5 Å². The Balaban J connectivity index is 0.00000225. The second kappa shape index (κ2) is 9.48. The average Bonchev–Trinajstić information content (AvgIpc) is 2.62. The summed E-state index contributed by atoms with van der Waals surface area (Å²) < 4.78 is 1.26. The van der Waals surface area contributed by atoms with Crippen molar-refractivity contribution in [1.82, 2.24) is 25.6 Å². The first-order chi connectivity index (χ1) is 11.7. The molecule has 0 aliphatic carbocycles. The first kappa shape index (κ1) is 19.3. The van der Waals surface area contributed by atoms with Crippen molar-refractivity contribution in [3.05, 3.63) is 34.6 Å². The Kier molecular flexibility index (Phi) is 7.33. The van der Waals surface area contributed by atoms with E-state index in [0.29, 0.717) is 23.4 Å². The van der Waals surface area contributed by atoms with Crippen LogP contribution in [-0.2, 0) is 11.3 Å². The van der Waals surface area contributed by atoms with Crippen molar-refractivity contribution >= 4 is 29.2 Å². The van der Waals surface area contributed by atoms with E-state index in [9.17, 15) is 9.59 Å². The molecule has 1 unspecified atom stereocenters. The number of rotatable bonds is 6. The van der Waals surface area contributed by atoms with Crippen LogP contribution in [0.25, 0.3) is 10.9 Å². The van der Waals surface area contributed by atoms with E-state index in [1.165, 1.54) is 17.5 Å². The highest BCUT2D eigenvalue weighted by Gasteiger charge is 2.13. The average molecular weight is 366 g/mol. The summed E-state index contributed by atoms with van der Waals surface area (Å²) in [7, 11) is 0. The lowest BCUT2D eigenvalue weighted by molar-refractivity contribution is -0.121. The highest BCUT2D eigenvalue weighted by atomic mass is 35.5. The van der Waals surface area contributed by atoms with Crippen LogP contribution in [0, 0.1) is 5.92 Å². The van der Waals surface area contributed by atoms with E-state index in [2.05, 4.69) is 20.9 Å². The molecule has 7 nitrogen and oxygen atoms in total. The lowest BCUT2D eigenvalue weighted by Gasteiger charge is -2.22. The van der Waals surface area contributed by atoms with E-state index in [0.717, 1.165) is 19.5 Å². The molecule has 1 fully saturated rings. The molecule has 0 spiro atoms. The fraction of sp³-hybridized carbons (Fsp3) is 0.529. The molecule has 3 rings (SSSR count). The Labute approximate surface area is 152 Å². The largest absolute Gasteiger partial charge is 0.356 e. The first-order valence-electron chi connectivity index (χ1n) is 8.54. The number of hydrogen-bond donors (Lipinski definition) is 2. The molecule has 2 aromatic rings. The summed E-state index contributed by atoms with van der Waals surface area (Å²) in [5.74, 6) is 0.591. The van der Waals surface area contributed by atoms with Gasteiger partial charge in [0.25, 0.3) is 5.56 Å². The zero-order valence-corrected chi connectivity index (χ0v) is 14.9. The molecule has 136 valence electrons. The molecule has 1 aliphatic heterocycles. The van der Waals surface area contributed by atoms with Crippen LogP contribution in [0.4, 0.5) is 0 Å². The Morgan fingerprint density at radius 3 is 3.00 bits per heavy atom. The second-order valence-corrected chi connectivity index (χ2v) is 6.24. The topological polar surface area (TPSA) is 88.9 Å². The molecule has 2 heterocycles. The number of nitrogens with one attached hydrogen (secondary N) is 2. The minimum Gasteiger partial charge on any atom is -0.356 e. The zero-order valence-electron chi connectivity index (χ0n) is 14.1. The van der Waals surface area contributed by atoms with Gasteiger partial charge in [-0.25, -0.2) is 4.68 Å². The van der Waals surface area contributed by atoms with Crippen molar-refractivity contribution in [2.75, 3.05) is 19.6 Å². The van der Waals surface area contributed by atoms with Crippen molar-refractivity contribution in [3.8, 4) is 0 Å². The number of nitrogens with zero attached hydrogens (tertiary/aromatic N) is 3. The van der Waals surface area contributed by atoms with Crippen LogP contribution < -0.4 is 16.2 Å². The summed E-state index contributed by atoms with van der Waals surface area (Å²) in [5.41, 5.74) is 0.367. The van der Waals surface area contributed by atoms with Gasteiger partial charge in [0.15, 0.2) is 0 Å². The number of aromatic nitrogens is 3. The van der Waals surface area contributed by atoms with Crippen LogP contribution in [0.5, 0.6) is 0 Å². The molecular formula is C17H24ClN5O2. The molecule has 0 radical (unpaired) electrons. The highest BCUT2D eigenvalue weighted by molar-refractivity contribution is 5.85. The van der Waals surface area contributed by atoms with Crippen molar-refractivity contribution in [1.29, 1.82) is 0 Å². The van der Waals surface area contributed by atoms with Gasteiger partial charge in [0.2, 0.25) is 5.91 Å². The number of aryl methyl sites for hydroxylation is 1. The lowest BCUT2D eigenvalue weighted by atomic mass is 9.96. The van der Waals surface area contributed by atoms with Crippen LogP contribution in [-0.4, -0.2) is 40.5 Å². The van der Waals surface area contributed by atoms with E-state index >= 15 is 0 Å². The molecular weight excluding hydrogens is 342 g/mol. The monoisotopic (exact) mass is 365 g/mol. The van der Waals surface area contributed by atoms with E-state index < -0.39 is 0 Å². The smallest absolute Gasteiger partial charge is 0.277 e. The summed E-state index contributed by atoms with van der Waals surface area (Å²) in [6.07, 6.45) is 3.66. The van der Waals surface area contributed by atoms with Gasteiger partial charge in [-0.1, -0.05) is 17.3 Å². The van der Waals surface area contributed by atoms with E-state index in [-0.39, 0.29) is 36.8 Å². The van der Waals surface area contributed by atoms with Crippen molar-refractivity contribution < 1.29 is 4.79 Å². The Morgan fingerprint density at radius 2 is 2.20 bits per heavy atom. The minimum atomic E-state index is -0.207. The quantitative estimate of drug-likeness (QED) is 0.800. The molecule has 1 aliphatic rings. The standard InChI is InChI=1S/C17H23N5O2.ClH/c23-16(19-10-7-13-4-3-9-18-12-13)8-11-22-17(24)14-5-1-2-6-15(14)20-21-22;/h1-2,5-6,13,18H,3-4,7-12H2,(H,19,23);1H. The summed E-state index contributed by atoms with van der Waals surface area (Å²) in [4.78, 5) is 24.2. The summed E-state index contributed by atoms with van der Waals surface area (Å²) in [5, 5.41) is 14.7. The number of hydrogen-bond acceptors (Lipinski definition) is 5. The molecule has 1 aromatic carbocycles. The predicted molar refractivity (Wildman–Crippen MR) is 98.9 cm³/mol. The molecule has 1 amide bonds. The van der Waals surface area contributed by atoms with Gasteiger partial charge >= 0.3 is 0 Å². The molecule has 1 saturated heterocycles. The van der Waals surface area contributed by atoms with Crippen LogP contribution in [0.3, 0.4) is 0 Å². The zero-order chi connectivity index (χ0) is 16.8. The van der Waals surface area contributed by atoms with Gasteiger partial charge in [0.1, 0.15) is 5.52 Å². The van der Waals surface area contributed by atoms with E-state index in [1.807, 2.05) is 6.07 Å². The third-order valence-electron chi connectivity index (χ3n) is 4.45. The normalized spacial score (nSPS) is 17.0. The number of amides is 1. The van der Waals surface area contributed by atoms with Gasteiger partial charge in [-0.05, 0) is 50.4 Å². The molecule has 2 N–H and O–H groups in total. The number of benzene rings is 1. The van der Waals surface area contributed by atoms with E-state index in [1.54, 1.807) is 18.2 Å². The maximum atomic E-state index is 12.3. The number of halogens is 1. The summed E-state index contributed by atoms with van der Waals surface area (Å²) in [6, 6.07) is 7.08. The van der Waals surface area contributed by atoms with Gasteiger partial charge < -0.3 is 10.6 Å². The fourth-order valence-corrected chi connectivity index (χ4v) is 3.05. The summed E-state index contributed by atoms with van der Waals surface area (Å²) in [6.45, 7) is 3.07. The van der Waals surface area contributed by atoms with Crippen LogP contribution in [0.2, 0.25) is 0 Å². The maximum Gasteiger partial charge on any atom is 0.277 e. The van der Waals surface area contributed by atoms with Gasteiger partial charge in [0.05, 0.1) is 11.9 Å². The lowest BCUT2D eigenvalue weighted by Crippen LogP contribution is -2.34. The van der Waals surface area contributed by atoms with Crippen LogP contribution in [0.1, 0.15) is 25.7 Å². The molecule has 25 heavy (non-hydrogen) atoms. The van der Waals surface area contributed by atoms with Gasteiger partial charge in [0, 0.05) is 13.0 Å². The van der Waals surface area contributed by atoms with Crippen molar-refractivity contribution in [2.45, 2.75) is 32.2 Å². The van der Waals surface area contributed by atoms with Crippen molar-refractivity contribution in [3.63, 3.8) is 0 Å².